The van der Waals surface area contributed by atoms with Crippen molar-refractivity contribution in [2.24, 2.45) is 0 Å². The van der Waals surface area contributed by atoms with Crippen LogP contribution in [0.3, 0.4) is 0 Å². The minimum atomic E-state index is -0.392. The molecule has 1 aromatic heterocycles. The number of rotatable bonds is 7. The van der Waals surface area contributed by atoms with E-state index in [-0.39, 0.29) is 24.9 Å². The van der Waals surface area contributed by atoms with Crippen LogP contribution in [0.4, 0.5) is 23.0 Å². The number of para-hydroxylation sites is 1. The number of aromatic nitrogens is 2. The lowest BCUT2D eigenvalue weighted by molar-refractivity contribution is -0.122. The van der Waals surface area contributed by atoms with Gasteiger partial charge in [0.25, 0.3) is 5.91 Å². The second-order valence-corrected chi connectivity index (χ2v) is 5.95. The zero-order valence-corrected chi connectivity index (χ0v) is 15.2. The highest BCUT2D eigenvalue weighted by atomic mass is 16.7. The Hall–Kier alpha value is -4.21. The molecule has 1 aliphatic rings. The summed E-state index contributed by atoms with van der Waals surface area (Å²) < 4.78 is 16.0. The number of nitrogen functional groups attached to an aromatic ring is 1. The summed E-state index contributed by atoms with van der Waals surface area (Å²) in [4.78, 5) is 20.1. The van der Waals surface area contributed by atoms with E-state index in [0.717, 1.165) is 0 Å². The van der Waals surface area contributed by atoms with Crippen LogP contribution in [-0.2, 0) is 4.79 Å². The molecule has 2 aromatic carbocycles. The number of nitrogens with two attached hydrogens (primary N) is 1. The van der Waals surface area contributed by atoms with Crippen LogP contribution in [0, 0.1) is 0 Å². The van der Waals surface area contributed by atoms with Crippen LogP contribution >= 0.6 is 0 Å². The van der Waals surface area contributed by atoms with E-state index in [1.165, 1.54) is 6.33 Å². The molecule has 0 fully saturated rings. The van der Waals surface area contributed by atoms with Crippen molar-refractivity contribution in [1.82, 2.24) is 15.4 Å². The number of carbonyl (C=O) groups excluding carboxylic acids is 1. The number of nitrogens with zero attached hydrogens (tertiary/aromatic N) is 2. The maximum absolute atomic E-state index is 12.0. The molecule has 1 aliphatic heterocycles. The van der Waals surface area contributed by atoms with Gasteiger partial charge in [-0.05, 0) is 24.3 Å². The molecule has 0 bridgehead atoms. The summed E-state index contributed by atoms with van der Waals surface area (Å²) in [5.41, 5.74) is 12.2. The maximum Gasteiger partial charge on any atom is 0.276 e. The molecule has 0 spiro atoms. The maximum atomic E-state index is 12.0. The number of hydrazine groups is 1. The first-order chi connectivity index (χ1) is 14.2. The zero-order valence-electron chi connectivity index (χ0n) is 15.2. The van der Waals surface area contributed by atoms with Crippen molar-refractivity contribution in [3.63, 3.8) is 0 Å². The highest BCUT2D eigenvalue weighted by Gasteiger charge is 2.15. The lowest BCUT2D eigenvalue weighted by Crippen LogP contribution is -2.34. The van der Waals surface area contributed by atoms with Gasteiger partial charge >= 0.3 is 0 Å². The van der Waals surface area contributed by atoms with Crippen LogP contribution in [0.2, 0.25) is 0 Å². The van der Waals surface area contributed by atoms with Gasteiger partial charge in [-0.1, -0.05) is 18.2 Å². The number of nitrogens with one attached hydrogen (secondary N) is 3. The van der Waals surface area contributed by atoms with Crippen LogP contribution in [0.5, 0.6) is 17.2 Å². The normalized spacial score (nSPS) is 11.6. The Morgan fingerprint density at radius 3 is 2.72 bits per heavy atom. The molecular weight excluding hydrogens is 376 g/mol. The van der Waals surface area contributed by atoms with Crippen molar-refractivity contribution < 1.29 is 19.0 Å². The van der Waals surface area contributed by atoms with E-state index < -0.39 is 5.91 Å². The van der Waals surface area contributed by atoms with Crippen molar-refractivity contribution in [3.05, 3.63) is 54.9 Å². The van der Waals surface area contributed by atoms with E-state index in [9.17, 15) is 4.79 Å². The molecule has 148 valence electrons. The predicted molar refractivity (Wildman–Crippen MR) is 106 cm³/mol. The number of carbonyl (C=O) groups is 1. The molecule has 10 nitrogen and oxygen atoms in total. The predicted octanol–water partition coefficient (Wildman–Crippen LogP) is 2.05. The third-order valence-corrected chi connectivity index (χ3v) is 3.95. The molecule has 29 heavy (non-hydrogen) atoms. The Labute approximate surface area is 166 Å². The second-order valence-electron chi connectivity index (χ2n) is 5.95. The molecule has 0 saturated carbocycles. The Kier molecular flexibility index (Phi) is 5.14. The fraction of sp³-hybridized carbons (Fsp3) is 0.105. The molecule has 1 amide bonds. The van der Waals surface area contributed by atoms with E-state index in [4.69, 9.17) is 19.9 Å². The van der Waals surface area contributed by atoms with Crippen molar-refractivity contribution in [1.29, 1.82) is 0 Å². The molecule has 0 atom stereocenters. The minimum Gasteiger partial charge on any atom is -0.484 e. The van der Waals surface area contributed by atoms with Crippen molar-refractivity contribution in [2.75, 3.05) is 29.9 Å². The molecule has 0 radical (unpaired) electrons. The highest BCUT2D eigenvalue weighted by Crippen LogP contribution is 2.35. The quantitative estimate of drug-likeness (QED) is 0.444. The zero-order chi connectivity index (χ0) is 20.1. The van der Waals surface area contributed by atoms with Gasteiger partial charge in [0.1, 0.15) is 17.8 Å². The van der Waals surface area contributed by atoms with E-state index >= 15 is 0 Å². The van der Waals surface area contributed by atoms with Gasteiger partial charge in [-0.25, -0.2) is 9.97 Å². The fourth-order valence-electron chi connectivity index (χ4n) is 2.54. The lowest BCUT2D eigenvalue weighted by Gasteiger charge is -2.13. The van der Waals surface area contributed by atoms with Crippen LogP contribution in [-0.4, -0.2) is 29.3 Å². The smallest absolute Gasteiger partial charge is 0.276 e. The Morgan fingerprint density at radius 2 is 1.86 bits per heavy atom. The monoisotopic (exact) mass is 394 g/mol. The second kappa shape index (κ2) is 8.21. The number of fused-ring (bicyclic) bond motifs is 1. The summed E-state index contributed by atoms with van der Waals surface area (Å²) in [6.07, 6.45) is 1.32. The van der Waals surface area contributed by atoms with Gasteiger partial charge in [-0.3, -0.25) is 15.6 Å². The first-order valence-electron chi connectivity index (χ1n) is 8.69. The van der Waals surface area contributed by atoms with Gasteiger partial charge < -0.3 is 25.3 Å². The molecule has 0 unspecified atom stereocenters. The summed E-state index contributed by atoms with van der Waals surface area (Å²) in [5.74, 6) is 2.13. The summed E-state index contributed by atoms with van der Waals surface area (Å²) in [7, 11) is 0. The summed E-state index contributed by atoms with van der Waals surface area (Å²) >= 11 is 0. The highest BCUT2D eigenvalue weighted by molar-refractivity contribution is 5.82. The summed E-state index contributed by atoms with van der Waals surface area (Å²) in [6.45, 7) is 0.0283. The van der Waals surface area contributed by atoms with Gasteiger partial charge in [-0.2, -0.15) is 0 Å². The molecule has 0 saturated heterocycles. The third-order valence-electron chi connectivity index (χ3n) is 3.95. The van der Waals surface area contributed by atoms with E-state index in [1.54, 1.807) is 24.3 Å². The molecular formula is C19H18N6O4. The van der Waals surface area contributed by atoms with Gasteiger partial charge in [0, 0.05) is 11.8 Å². The standard InChI is InChI=1S/C19H18N6O4/c20-17-18(23-12-6-7-14-15(8-12)29-11-28-14)21-10-22-19(17)25-24-16(26)9-27-13-4-2-1-3-5-13/h1-8,10H,9,11,20H2,(H,24,26)(H2,21,22,23,25). The Morgan fingerprint density at radius 1 is 1.07 bits per heavy atom. The average molecular weight is 394 g/mol. The molecule has 10 heteroatoms. The number of amides is 1. The molecule has 4 rings (SSSR count). The minimum absolute atomic E-state index is 0.162. The lowest BCUT2D eigenvalue weighted by atomic mass is 10.2. The van der Waals surface area contributed by atoms with Crippen molar-refractivity contribution in [2.45, 2.75) is 0 Å². The number of hydrogen-bond donors (Lipinski definition) is 4. The van der Waals surface area contributed by atoms with Crippen LogP contribution in [0.25, 0.3) is 0 Å². The van der Waals surface area contributed by atoms with Gasteiger partial charge in [0.15, 0.2) is 29.7 Å². The van der Waals surface area contributed by atoms with Crippen LogP contribution in [0.15, 0.2) is 54.9 Å². The molecule has 0 aliphatic carbocycles. The van der Waals surface area contributed by atoms with Gasteiger partial charge in [0.05, 0.1) is 0 Å². The van der Waals surface area contributed by atoms with Crippen molar-refractivity contribution in [3.8, 4) is 17.2 Å². The van der Waals surface area contributed by atoms with E-state index in [0.29, 0.717) is 28.8 Å². The van der Waals surface area contributed by atoms with Gasteiger partial charge in [-0.15, -0.1) is 0 Å². The summed E-state index contributed by atoms with van der Waals surface area (Å²) in [6, 6.07) is 14.4. The number of ether oxygens (including phenoxy) is 3. The Balaban J connectivity index is 1.36. The first kappa shape index (κ1) is 18.2. The molecule has 3 aromatic rings. The largest absolute Gasteiger partial charge is 0.484 e. The Bertz CT molecular complexity index is 1010. The van der Waals surface area contributed by atoms with Crippen molar-refractivity contribution >= 4 is 28.9 Å². The van der Waals surface area contributed by atoms with E-state index in [2.05, 4.69) is 26.1 Å². The fourth-order valence-corrected chi connectivity index (χ4v) is 2.54. The number of hydrogen-bond acceptors (Lipinski definition) is 9. The topological polar surface area (TPSA) is 133 Å². The van der Waals surface area contributed by atoms with Gasteiger partial charge in [0.2, 0.25) is 6.79 Å². The SMILES string of the molecule is Nc1c(NNC(=O)COc2ccccc2)ncnc1Nc1ccc2c(c1)OCO2. The van der Waals surface area contributed by atoms with E-state index in [1.807, 2.05) is 24.3 Å². The first-order valence-corrected chi connectivity index (χ1v) is 8.69. The molecule has 5 N–H and O–H groups in total. The molecule has 2 heterocycles. The number of benzene rings is 2. The van der Waals surface area contributed by atoms with Crippen LogP contribution < -0.4 is 36.1 Å². The third kappa shape index (κ3) is 4.38. The number of anilines is 4. The average Bonchev–Trinajstić information content (AvgIpc) is 3.21. The summed E-state index contributed by atoms with van der Waals surface area (Å²) in [5, 5.41) is 3.09. The van der Waals surface area contributed by atoms with Crippen LogP contribution in [0.1, 0.15) is 0 Å².